The molecule has 0 unspecified atom stereocenters. The van der Waals surface area contributed by atoms with Crippen molar-refractivity contribution in [2.24, 2.45) is 0 Å². The monoisotopic (exact) mass is 308 g/mol. The second-order valence-corrected chi connectivity index (χ2v) is 5.37. The zero-order chi connectivity index (χ0) is 15.4. The number of ether oxygens (including phenoxy) is 2. The Morgan fingerprint density at radius 1 is 1.38 bits per heavy atom. The molecule has 0 radical (unpaired) electrons. The van der Waals surface area contributed by atoms with Crippen LogP contribution in [-0.2, 0) is 11.2 Å². The Balaban J connectivity index is 2.27. The van der Waals surface area contributed by atoms with Gasteiger partial charge in [-0.15, -0.1) is 11.3 Å². The third-order valence-electron chi connectivity index (χ3n) is 2.85. The fourth-order valence-corrected chi connectivity index (χ4v) is 2.78. The first-order chi connectivity index (χ1) is 10.0. The van der Waals surface area contributed by atoms with Gasteiger partial charge in [0.15, 0.2) is 5.13 Å². The Morgan fingerprint density at radius 2 is 2.14 bits per heavy atom. The lowest BCUT2D eigenvalue weighted by Crippen LogP contribution is -1.99. The van der Waals surface area contributed by atoms with Crippen LogP contribution < -0.4 is 14.8 Å². The lowest BCUT2D eigenvalue weighted by Gasteiger charge is -2.10. The Kier molecular flexibility index (Phi) is 4.64. The summed E-state index contributed by atoms with van der Waals surface area (Å²) in [5.74, 6) is 0.480. The van der Waals surface area contributed by atoms with Gasteiger partial charge in [0.2, 0.25) is 0 Å². The molecule has 0 saturated carbocycles. The van der Waals surface area contributed by atoms with E-state index in [2.05, 4.69) is 10.3 Å². The molecule has 0 fully saturated rings. The second kappa shape index (κ2) is 6.45. The van der Waals surface area contributed by atoms with Crippen LogP contribution in [0, 0.1) is 6.92 Å². The van der Waals surface area contributed by atoms with Gasteiger partial charge in [0.25, 0.3) is 0 Å². The highest BCUT2D eigenvalue weighted by Gasteiger charge is 2.13. The van der Waals surface area contributed by atoms with E-state index >= 15 is 0 Å². The first kappa shape index (κ1) is 15.1. The number of carbonyl (C=O) groups is 1. The number of thiazole rings is 1. The minimum atomic E-state index is -0.868. The van der Waals surface area contributed by atoms with Gasteiger partial charge in [0.05, 0.1) is 32.0 Å². The molecule has 0 bridgehead atoms. The number of rotatable bonds is 6. The summed E-state index contributed by atoms with van der Waals surface area (Å²) in [4.78, 5) is 15.9. The molecule has 0 atom stereocenters. The smallest absolute Gasteiger partial charge is 0.308 e. The number of anilines is 2. The minimum Gasteiger partial charge on any atom is -0.497 e. The zero-order valence-electron chi connectivity index (χ0n) is 12.0. The Bertz CT molecular complexity index is 654. The molecule has 2 N–H and O–H groups in total. The Morgan fingerprint density at radius 3 is 2.76 bits per heavy atom. The third-order valence-corrected chi connectivity index (χ3v) is 3.93. The Hall–Kier alpha value is -2.28. The maximum atomic E-state index is 10.8. The summed E-state index contributed by atoms with van der Waals surface area (Å²) in [7, 11) is 3.17. The molecule has 2 rings (SSSR count). The number of hydrogen-bond acceptors (Lipinski definition) is 6. The summed E-state index contributed by atoms with van der Waals surface area (Å²) in [6.45, 7) is 1.79. The zero-order valence-corrected chi connectivity index (χ0v) is 12.8. The first-order valence-electron chi connectivity index (χ1n) is 6.20. The highest BCUT2D eigenvalue weighted by Crippen LogP contribution is 2.33. The van der Waals surface area contributed by atoms with Crippen LogP contribution >= 0.6 is 11.3 Å². The van der Waals surface area contributed by atoms with Gasteiger partial charge in [0.1, 0.15) is 11.5 Å². The first-order valence-corrected chi connectivity index (χ1v) is 7.02. The molecule has 112 valence electrons. The van der Waals surface area contributed by atoms with Gasteiger partial charge >= 0.3 is 5.97 Å². The number of nitrogens with one attached hydrogen (secondary N) is 1. The molecule has 0 spiro atoms. The molecule has 21 heavy (non-hydrogen) atoms. The summed E-state index contributed by atoms with van der Waals surface area (Å²) in [6.07, 6.45) is -0.0274. The van der Waals surface area contributed by atoms with Crippen molar-refractivity contribution < 1.29 is 19.4 Å². The van der Waals surface area contributed by atoms with Crippen LogP contribution in [0.25, 0.3) is 0 Å². The van der Waals surface area contributed by atoms with Gasteiger partial charge in [-0.2, -0.15) is 0 Å². The predicted molar refractivity (Wildman–Crippen MR) is 81.0 cm³/mol. The standard InChI is InChI=1S/C14H16N2O4S/c1-8-12(7-13(17)18)21-14(15-8)16-10-6-9(19-2)4-5-11(10)20-3/h4-6H,7H2,1-3H3,(H,15,16)(H,17,18). The van der Waals surface area contributed by atoms with Crippen molar-refractivity contribution in [1.29, 1.82) is 0 Å². The van der Waals surface area contributed by atoms with Gasteiger partial charge < -0.3 is 19.9 Å². The summed E-state index contributed by atoms with van der Waals surface area (Å²) in [6, 6.07) is 5.39. The summed E-state index contributed by atoms with van der Waals surface area (Å²) >= 11 is 1.32. The maximum absolute atomic E-state index is 10.8. The average molecular weight is 308 g/mol. The molecule has 0 aliphatic rings. The second-order valence-electron chi connectivity index (χ2n) is 4.29. The molecule has 1 aromatic carbocycles. The van der Waals surface area contributed by atoms with E-state index in [0.29, 0.717) is 28.0 Å². The number of carboxylic acid groups (broad SMARTS) is 1. The van der Waals surface area contributed by atoms with Crippen molar-refractivity contribution in [1.82, 2.24) is 4.98 Å². The van der Waals surface area contributed by atoms with Crippen LogP contribution in [0.3, 0.4) is 0 Å². The summed E-state index contributed by atoms with van der Waals surface area (Å²) < 4.78 is 10.5. The molecular weight excluding hydrogens is 292 g/mol. The van der Waals surface area contributed by atoms with Crippen LogP contribution in [-0.4, -0.2) is 30.3 Å². The molecule has 1 heterocycles. The predicted octanol–water partition coefficient (Wildman–Crippen LogP) is 2.84. The summed E-state index contributed by atoms with van der Waals surface area (Å²) in [5.41, 5.74) is 1.43. The number of methoxy groups -OCH3 is 2. The lowest BCUT2D eigenvalue weighted by molar-refractivity contribution is -0.136. The van der Waals surface area contributed by atoms with E-state index in [9.17, 15) is 4.79 Å². The molecule has 0 aliphatic carbocycles. The van der Waals surface area contributed by atoms with Crippen molar-refractivity contribution in [3.8, 4) is 11.5 Å². The van der Waals surface area contributed by atoms with Gasteiger partial charge in [-0.25, -0.2) is 4.98 Å². The number of aromatic nitrogens is 1. The maximum Gasteiger partial charge on any atom is 0.308 e. The van der Waals surface area contributed by atoms with E-state index in [4.69, 9.17) is 14.6 Å². The van der Waals surface area contributed by atoms with E-state index in [0.717, 1.165) is 4.88 Å². The number of aliphatic carboxylic acids is 1. The third kappa shape index (κ3) is 3.63. The molecule has 7 heteroatoms. The van der Waals surface area contributed by atoms with Crippen molar-refractivity contribution in [3.63, 3.8) is 0 Å². The van der Waals surface area contributed by atoms with E-state index in [1.54, 1.807) is 39.3 Å². The fraction of sp³-hybridized carbons (Fsp3) is 0.286. The van der Waals surface area contributed by atoms with Crippen molar-refractivity contribution in [3.05, 3.63) is 28.8 Å². The van der Waals surface area contributed by atoms with Crippen molar-refractivity contribution >= 4 is 28.1 Å². The molecule has 0 aliphatic heterocycles. The molecule has 0 amide bonds. The van der Waals surface area contributed by atoms with E-state index in [1.807, 2.05) is 0 Å². The molecular formula is C14H16N2O4S. The molecule has 2 aromatic rings. The quantitative estimate of drug-likeness (QED) is 0.854. The van der Waals surface area contributed by atoms with Crippen LogP contribution in [0.2, 0.25) is 0 Å². The van der Waals surface area contributed by atoms with Crippen LogP contribution in [0.4, 0.5) is 10.8 Å². The average Bonchev–Trinajstić information content (AvgIpc) is 2.78. The van der Waals surface area contributed by atoms with Crippen molar-refractivity contribution in [2.45, 2.75) is 13.3 Å². The highest BCUT2D eigenvalue weighted by molar-refractivity contribution is 7.15. The number of carboxylic acids is 1. The fourth-order valence-electron chi connectivity index (χ4n) is 1.81. The SMILES string of the molecule is COc1ccc(OC)c(Nc2nc(C)c(CC(=O)O)s2)c1. The van der Waals surface area contributed by atoms with Gasteiger partial charge in [-0.05, 0) is 19.1 Å². The van der Waals surface area contributed by atoms with Gasteiger partial charge in [0, 0.05) is 10.9 Å². The lowest BCUT2D eigenvalue weighted by atomic mass is 10.2. The molecule has 0 saturated heterocycles. The molecule has 1 aromatic heterocycles. The van der Waals surface area contributed by atoms with E-state index in [1.165, 1.54) is 11.3 Å². The van der Waals surface area contributed by atoms with Gasteiger partial charge in [-0.1, -0.05) is 0 Å². The van der Waals surface area contributed by atoms with Crippen LogP contribution in [0.15, 0.2) is 18.2 Å². The van der Waals surface area contributed by atoms with Crippen LogP contribution in [0.5, 0.6) is 11.5 Å². The van der Waals surface area contributed by atoms with Crippen LogP contribution in [0.1, 0.15) is 10.6 Å². The number of aryl methyl sites for hydroxylation is 1. The van der Waals surface area contributed by atoms with Gasteiger partial charge in [-0.3, -0.25) is 4.79 Å². The summed E-state index contributed by atoms with van der Waals surface area (Å²) in [5, 5.41) is 12.6. The topological polar surface area (TPSA) is 80.7 Å². The Labute approximate surface area is 126 Å². The minimum absolute atomic E-state index is 0.0274. The largest absolute Gasteiger partial charge is 0.497 e. The van der Waals surface area contributed by atoms with E-state index in [-0.39, 0.29) is 6.42 Å². The van der Waals surface area contributed by atoms with Crippen molar-refractivity contribution in [2.75, 3.05) is 19.5 Å². The highest BCUT2D eigenvalue weighted by atomic mass is 32.1. The number of hydrogen-bond donors (Lipinski definition) is 2. The number of nitrogens with zero attached hydrogens (tertiary/aromatic N) is 1. The molecule has 6 nitrogen and oxygen atoms in total. The number of benzene rings is 1. The van der Waals surface area contributed by atoms with E-state index < -0.39 is 5.97 Å². The normalized spacial score (nSPS) is 10.2.